The zero-order chi connectivity index (χ0) is 14.7. The normalized spacial score (nSPS) is 12.5. The number of nitrogens with zero attached hydrogens (tertiary/aromatic N) is 4. The second-order valence-corrected chi connectivity index (χ2v) is 5.86. The van der Waals surface area contributed by atoms with Crippen molar-refractivity contribution in [1.29, 1.82) is 0 Å². The van der Waals surface area contributed by atoms with Crippen molar-refractivity contribution >= 4 is 11.3 Å². The van der Waals surface area contributed by atoms with Crippen LogP contribution in [0.25, 0.3) is 5.69 Å². The molecule has 0 aliphatic heterocycles. The fourth-order valence-electron chi connectivity index (χ4n) is 2.19. The van der Waals surface area contributed by atoms with Crippen molar-refractivity contribution in [3.8, 4) is 5.69 Å². The van der Waals surface area contributed by atoms with Gasteiger partial charge in [0.1, 0.15) is 5.69 Å². The quantitative estimate of drug-likeness (QED) is 0.786. The Bertz CT molecular complexity index is 704. The van der Waals surface area contributed by atoms with Gasteiger partial charge >= 0.3 is 0 Å². The number of para-hydroxylation sites is 1. The summed E-state index contributed by atoms with van der Waals surface area (Å²) in [6.45, 7) is 2.02. The van der Waals surface area contributed by atoms with E-state index in [1.807, 2.05) is 50.5 Å². The van der Waals surface area contributed by atoms with E-state index in [0.29, 0.717) is 0 Å². The average molecular weight is 299 g/mol. The SMILES string of the molecule is CNC(Cc1csc(C)n1)c1cnn(-c2ccccc2)n1. The third-order valence-electron chi connectivity index (χ3n) is 3.28. The van der Waals surface area contributed by atoms with Crippen molar-refractivity contribution in [2.45, 2.75) is 19.4 Å². The number of thiazole rings is 1. The molecule has 21 heavy (non-hydrogen) atoms. The van der Waals surface area contributed by atoms with Gasteiger partial charge in [-0.2, -0.15) is 15.0 Å². The lowest BCUT2D eigenvalue weighted by Gasteiger charge is -2.11. The number of aryl methyl sites for hydroxylation is 1. The Morgan fingerprint density at radius 1 is 1.29 bits per heavy atom. The third kappa shape index (κ3) is 3.17. The van der Waals surface area contributed by atoms with E-state index in [1.165, 1.54) is 0 Å². The van der Waals surface area contributed by atoms with E-state index in [2.05, 4.69) is 25.9 Å². The average Bonchev–Trinajstić information content (AvgIpc) is 3.15. The van der Waals surface area contributed by atoms with Crippen molar-refractivity contribution in [3.63, 3.8) is 0 Å². The number of hydrogen-bond donors (Lipinski definition) is 1. The first-order valence-electron chi connectivity index (χ1n) is 6.82. The number of likely N-dealkylation sites (N-methyl/N-ethyl adjacent to an activating group) is 1. The van der Waals surface area contributed by atoms with E-state index in [4.69, 9.17) is 0 Å². The Labute approximate surface area is 127 Å². The lowest BCUT2D eigenvalue weighted by Crippen LogP contribution is -2.19. The predicted molar refractivity (Wildman–Crippen MR) is 83.7 cm³/mol. The van der Waals surface area contributed by atoms with Gasteiger partial charge in [-0.25, -0.2) is 4.98 Å². The molecule has 1 aromatic carbocycles. The number of hydrogen-bond acceptors (Lipinski definition) is 5. The summed E-state index contributed by atoms with van der Waals surface area (Å²) in [5.41, 5.74) is 2.97. The zero-order valence-electron chi connectivity index (χ0n) is 12.0. The Morgan fingerprint density at radius 3 is 2.76 bits per heavy atom. The summed E-state index contributed by atoms with van der Waals surface area (Å²) in [5, 5.41) is 15.4. The van der Waals surface area contributed by atoms with Gasteiger partial charge in [0.2, 0.25) is 0 Å². The first-order chi connectivity index (χ1) is 10.3. The fourth-order valence-corrected chi connectivity index (χ4v) is 2.81. The summed E-state index contributed by atoms with van der Waals surface area (Å²) in [7, 11) is 1.94. The molecule has 6 heteroatoms. The molecule has 2 aromatic heterocycles. The van der Waals surface area contributed by atoms with Gasteiger partial charge < -0.3 is 5.32 Å². The third-order valence-corrected chi connectivity index (χ3v) is 4.10. The Balaban J connectivity index is 1.80. The van der Waals surface area contributed by atoms with Crippen LogP contribution in [0.2, 0.25) is 0 Å². The molecule has 0 fully saturated rings. The largest absolute Gasteiger partial charge is 0.311 e. The van der Waals surface area contributed by atoms with Crippen molar-refractivity contribution in [3.05, 3.63) is 58.3 Å². The van der Waals surface area contributed by atoms with E-state index in [9.17, 15) is 0 Å². The first kappa shape index (κ1) is 13.9. The molecule has 0 amide bonds. The maximum absolute atomic E-state index is 4.57. The van der Waals surface area contributed by atoms with Crippen LogP contribution < -0.4 is 5.32 Å². The maximum atomic E-state index is 4.57. The van der Waals surface area contributed by atoms with Crippen molar-refractivity contribution < 1.29 is 0 Å². The minimum atomic E-state index is 0.115. The van der Waals surface area contributed by atoms with Gasteiger partial charge in [-0.05, 0) is 26.1 Å². The topological polar surface area (TPSA) is 55.6 Å². The van der Waals surface area contributed by atoms with Crippen LogP contribution in [0, 0.1) is 6.92 Å². The van der Waals surface area contributed by atoms with Gasteiger partial charge in [-0.15, -0.1) is 11.3 Å². The van der Waals surface area contributed by atoms with E-state index in [-0.39, 0.29) is 6.04 Å². The van der Waals surface area contributed by atoms with Gasteiger partial charge in [-0.3, -0.25) is 0 Å². The van der Waals surface area contributed by atoms with Crippen LogP contribution in [0.4, 0.5) is 0 Å². The molecule has 3 rings (SSSR count). The van der Waals surface area contributed by atoms with E-state index in [1.54, 1.807) is 16.1 Å². The van der Waals surface area contributed by atoms with Crippen molar-refractivity contribution in [2.24, 2.45) is 0 Å². The highest BCUT2D eigenvalue weighted by Crippen LogP contribution is 2.18. The summed E-state index contributed by atoms with van der Waals surface area (Å²) in [4.78, 5) is 6.17. The standard InChI is InChI=1S/C15H17N5S/c1-11-18-12(10-21-11)8-14(16-2)15-9-17-20(19-15)13-6-4-3-5-7-13/h3-7,9-10,14,16H,8H2,1-2H3. The Morgan fingerprint density at radius 2 is 2.10 bits per heavy atom. The molecular weight excluding hydrogens is 282 g/mol. The van der Waals surface area contributed by atoms with Crippen LogP contribution in [0.1, 0.15) is 22.4 Å². The molecule has 108 valence electrons. The minimum absolute atomic E-state index is 0.115. The van der Waals surface area contributed by atoms with Crippen LogP contribution in [-0.2, 0) is 6.42 Å². The van der Waals surface area contributed by atoms with Crippen molar-refractivity contribution in [1.82, 2.24) is 25.3 Å². The summed E-state index contributed by atoms with van der Waals surface area (Å²) < 4.78 is 0. The van der Waals surface area contributed by atoms with Crippen LogP contribution >= 0.6 is 11.3 Å². The molecule has 0 aliphatic rings. The summed E-state index contributed by atoms with van der Waals surface area (Å²) >= 11 is 1.67. The summed E-state index contributed by atoms with van der Waals surface area (Å²) in [5.74, 6) is 0. The minimum Gasteiger partial charge on any atom is -0.311 e. The molecule has 0 saturated carbocycles. The van der Waals surface area contributed by atoms with Gasteiger partial charge in [0, 0.05) is 11.8 Å². The molecule has 0 aliphatic carbocycles. The fraction of sp³-hybridized carbons (Fsp3) is 0.267. The number of aromatic nitrogens is 4. The first-order valence-corrected chi connectivity index (χ1v) is 7.70. The highest BCUT2D eigenvalue weighted by molar-refractivity contribution is 7.09. The second kappa shape index (κ2) is 6.15. The lowest BCUT2D eigenvalue weighted by atomic mass is 10.1. The smallest absolute Gasteiger partial charge is 0.100 e. The van der Waals surface area contributed by atoms with Gasteiger partial charge in [0.25, 0.3) is 0 Å². The monoisotopic (exact) mass is 299 g/mol. The van der Waals surface area contributed by atoms with Gasteiger partial charge in [0.15, 0.2) is 0 Å². The zero-order valence-corrected chi connectivity index (χ0v) is 12.8. The lowest BCUT2D eigenvalue weighted by molar-refractivity contribution is 0.562. The Hall–Kier alpha value is -2.05. The second-order valence-electron chi connectivity index (χ2n) is 4.80. The van der Waals surface area contributed by atoms with E-state index >= 15 is 0 Å². The van der Waals surface area contributed by atoms with E-state index < -0.39 is 0 Å². The van der Waals surface area contributed by atoms with E-state index in [0.717, 1.165) is 28.5 Å². The van der Waals surface area contributed by atoms with Crippen LogP contribution in [0.15, 0.2) is 41.9 Å². The molecule has 1 N–H and O–H groups in total. The molecular formula is C15H17N5S. The molecule has 1 atom stereocenters. The highest BCUT2D eigenvalue weighted by Gasteiger charge is 2.16. The highest BCUT2D eigenvalue weighted by atomic mass is 32.1. The van der Waals surface area contributed by atoms with Crippen LogP contribution in [-0.4, -0.2) is 27.0 Å². The summed E-state index contributed by atoms with van der Waals surface area (Å²) in [6.07, 6.45) is 2.63. The molecule has 1 unspecified atom stereocenters. The number of nitrogens with one attached hydrogen (secondary N) is 1. The Kier molecular flexibility index (Phi) is 4.08. The molecule has 2 heterocycles. The number of benzene rings is 1. The molecule has 0 spiro atoms. The molecule has 0 bridgehead atoms. The molecule has 0 radical (unpaired) electrons. The number of rotatable bonds is 5. The molecule has 0 saturated heterocycles. The molecule has 3 aromatic rings. The van der Waals surface area contributed by atoms with Crippen LogP contribution in [0.5, 0.6) is 0 Å². The summed E-state index contributed by atoms with van der Waals surface area (Å²) in [6, 6.07) is 10.0. The molecule has 5 nitrogen and oxygen atoms in total. The van der Waals surface area contributed by atoms with Crippen molar-refractivity contribution in [2.75, 3.05) is 7.05 Å². The maximum Gasteiger partial charge on any atom is 0.100 e. The van der Waals surface area contributed by atoms with Crippen LogP contribution in [0.3, 0.4) is 0 Å². The van der Waals surface area contributed by atoms with Gasteiger partial charge in [0.05, 0.1) is 28.6 Å². The predicted octanol–water partition coefficient (Wildman–Crippen LogP) is 2.54. The van der Waals surface area contributed by atoms with Gasteiger partial charge in [-0.1, -0.05) is 18.2 Å².